The maximum absolute atomic E-state index is 13.2. The SMILES string of the molecule is CO.COc1ccc([C@@H](OC)[C@@]2(Cc3ccc(O)cc3)N=C(N)N(C)C2=O)cc1. The number of nitrogens with two attached hydrogens (primary N) is 1. The Labute approximate surface area is 170 Å². The molecule has 2 aromatic carbocycles. The van der Waals surface area contributed by atoms with Crippen molar-refractivity contribution in [1.29, 1.82) is 0 Å². The fourth-order valence-electron chi connectivity index (χ4n) is 3.41. The van der Waals surface area contributed by atoms with Crippen molar-refractivity contribution in [3.8, 4) is 11.5 Å². The molecule has 0 bridgehead atoms. The van der Waals surface area contributed by atoms with Gasteiger partial charge in [0.1, 0.15) is 17.6 Å². The molecule has 4 N–H and O–H groups in total. The van der Waals surface area contributed by atoms with Gasteiger partial charge in [0.25, 0.3) is 5.91 Å². The minimum atomic E-state index is -1.24. The summed E-state index contributed by atoms with van der Waals surface area (Å²) in [5.74, 6) is 0.772. The van der Waals surface area contributed by atoms with E-state index in [9.17, 15) is 9.90 Å². The second-order valence-corrected chi connectivity index (χ2v) is 6.49. The summed E-state index contributed by atoms with van der Waals surface area (Å²) < 4.78 is 11.0. The highest BCUT2D eigenvalue weighted by Crippen LogP contribution is 2.40. The molecule has 0 aliphatic carbocycles. The second kappa shape index (κ2) is 9.40. The maximum atomic E-state index is 13.2. The Morgan fingerprint density at radius 1 is 1.10 bits per heavy atom. The Kier molecular flexibility index (Phi) is 7.19. The van der Waals surface area contributed by atoms with Gasteiger partial charge in [-0.25, -0.2) is 4.99 Å². The lowest BCUT2D eigenvalue weighted by Gasteiger charge is -2.33. The third-order valence-electron chi connectivity index (χ3n) is 4.83. The molecule has 0 saturated carbocycles. The maximum Gasteiger partial charge on any atom is 0.260 e. The van der Waals surface area contributed by atoms with E-state index >= 15 is 0 Å². The van der Waals surface area contributed by atoms with Crippen LogP contribution in [0.5, 0.6) is 11.5 Å². The summed E-state index contributed by atoms with van der Waals surface area (Å²) in [6, 6.07) is 14.0. The number of aliphatic imine (C=N–C) groups is 1. The average Bonchev–Trinajstić information content (AvgIpc) is 2.96. The van der Waals surface area contributed by atoms with Crippen LogP contribution < -0.4 is 10.5 Å². The molecule has 0 saturated heterocycles. The van der Waals surface area contributed by atoms with E-state index in [0.29, 0.717) is 5.75 Å². The predicted molar refractivity (Wildman–Crippen MR) is 110 cm³/mol. The number of rotatable bonds is 6. The van der Waals surface area contributed by atoms with E-state index in [1.54, 1.807) is 45.5 Å². The second-order valence-electron chi connectivity index (χ2n) is 6.49. The number of aliphatic hydroxyl groups excluding tert-OH is 1. The number of aromatic hydroxyl groups is 1. The summed E-state index contributed by atoms with van der Waals surface area (Å²) in [6.07, 6.45) is -0.366. The van der Waals surface area contributed by atoms with Gasteiger partial charge in [0.05, 0.1) is 7.11 Å². The van der Waals surface area contributed by atoms with E-state index in [2.05, 4.69) is 4.99 Å². The van der Waals surface area contributed by atoms with Crippen LogP contribution in [0, 0.1) is 0 Å². The highest BCUT2D eigenvalue weighted by atomic mass is 16.5. The van der Waals surface area contributed by atoms with E-state index in [-0.39, 0.29) is 24.0 Å². The van der Waals surface area contributed by atoms with Gasteiger partial charge in [-0.1, -0.05) is 24.3 Å². The van der Waals surface area contributed by atoms with E-state index < -0.39 is 11.6 Å². The van der Waals surface area contributed by atoms with Gasteiger partial charge in [-0.05, 0) is 35.4 Å². The van der Waals surface area contributed by atoms with Gasteiger partial charge < -0.3 is 25.4 Å². The first-order valence-corrected chi connectivity index (χ1v) is 8.94. The van der Waals surface area contributed by atoms with Gasteiger partial charge in [0.15, 0.2) is 11.5 Å². The number of amides is 1. The van der Waals surface area contributed by atoms with Crippen molar-refractivity contribution < 1.29 is 24.5 Å². The van der Waals surface area contributed by atoms with Crippen molar-refractivity contribution >= 4 is 11.9 Å². The smallest absolute Gasteiger partial charge is 0.260 e. The van der Waals surface area contributed by atoms with E-state index in [0.717, 1.165) is 18.2 Å². The van der Waals surface area contributed by atoms with Gasteiger partial charge in [0, 0.05) is 27.7 Å². The molecular formula is C21H27N3O5. The number of guanidine groups is 1. The van der Waals surface area contributed by atoms with Gasteiger partial charge in [-0.2, -0.15) is 0 Å². The first-order valence-electron chi connectivity index (χ1n) is 8.94. The molecule has 1 amide bonds. The van der Waals surface area contributed by atoms with E-state index in [1.807, 2.05) is 24.3 Å². The number of nitrogens with zero attached hydrogens (tertiary/aromatic N) is 2. The first kappa shape index (κ1) is 22.2. The van der Waals surface area contributed by atoms with E-state index in [1.165, 1.54) is 4.90 Å². The Morgan fingerprint density at radius 2 is 1.69 bits per heavy atom. The summed E-state index contributed by atoms with van der Waals surface area (Å²) in [5, 5.41) is 16.5. The van der Waals surface area contributed by atoms with Crippen molar-refractivity contribution in [1.82, 2.24) is 4.90 Å². The van der Waals surface area contributed by atoms with Gasteiger partial charge in [0.2, 0.25) is 0 Å². The van der Waals surface area contributed by atoms with Crippen molar-refractivity contribution in [3.05, 3.63) is 59.7 Å². The highest BCUT2D eigenvalue weighted by Gasteiger charge is 2.53. The number of phenols is 1. The first-order chi connectivity index (χ1) is 13.9. The van der Waals surface area contributed by atoms with Crippen LogP contribution >= 0.6 is 0 Å². The Morgan fingerprint density at radius 3 is 2.14 bits per heavy atom. The molecule has 1 aliphatic rings. The summed E-state index contributed by atoms with van der Waals surface area (Å²) in [5.41, 5.74) is 6.37. The Bertz CT molecular complexity index is 852. The fourth-order valence-corrected chi connectivity index (χ4v) is 3.41. The molecule has 1 heterocycles. The average molecular weight is 401 g/mol. The van der Waals surface area contributed by atoms with Crippen LogP contribution in [-0.2, 0) is 16.0 Å². The van der Waals surface area contributed by atoms with Crippen molar-refractivity contribution in [2.24, 2.45) is 10.7 Å². The number of hydrogen-bond acceptors (Lipinski definition) is 7. The molecular weight excluding hydrogens is 374 g/mol. The largest absolute Gasteiger partial charge is 0.508 e. The number of benzene rings is 2. The zero-order valence-corrected chi connectivity index (χ0v) is 17.0. The number of ether oxygens (including phenoxy) is 2. The lowest BCUT2D eigenvalue weighted by atomic mass is 9.82. The minimum Gasteiger partial charge on any atom is -0.508 e. The molecule has 1 aliphatic heterocycles. The molecule has 0 unspecified atom stereocenters. The van der Waals surface area contributed by atoms with Crippen LogP contribution in [0.3, 0.4) is 0 Å². The van der Waals surface area contributed by atoms with Crippen LogP contribution in [0.2, 0.25) is 0 Å². The number of carbonyl (C=O) groups is 1. The number of phenolic OH excluding ortho intramolecular Hbond substituents is 1. The zero-order valence-electron chi connectivity index (χ0n) is 17.0. The van der Waals surface area contributed by atoms with Crippen molar-refractivity contribution in [2.45, 2.75) is 18.1 Å². The molecule has 2 aromatic rings. The summed E-state index contributed by atoms with van der Waals surface area (Å²) in [6.45, 7) is 0. The topological polar surface area (TPSA) is 118 Å². The highest BCUT2D eigenvalue weighted by molar-refractivity contribution is 6.07. The molecule has 0 fully saturated rings. The molecule has 0 spiro atoms. The van der Waals surface area contributed by atoms with Gasteiger partial charge in [-0.3, -0.25) is 9.69 Å². The third-order valence-corrected chi connectivity index (χ3v) is 4.83. The Balaban J connectivity index is 0.00000145. The summed E-state index contributed by atoms with van der Waals surface area (Å²) >= 11 is 0. The fraction of sp³-hybridized carbons (Fsp3) is 0.333. The van der Waals surface area contributed by atoms with Crippen LogP contribution in [-0.4, -0.2) is 60.9 Å². The molecule has 8 heteroatoms. The molecule has 156 valence electrons. The van der Waals surface area contributed by atoms with Gasteiger partial charge >= 0.3 is 0 Å². The molecule has 8 nitrogen and oxygen atoms in total. The monoisotopic (exact) mass is 401 g/mol. The van der Waals surface area contributed by atoms with Gasteiger partial charge in [-0.15, -0.1) is 0 Å². The minimum absolute atomic E-state index is 0.148. The molecule has 0 aromatic heterocycles. The number of hydrogen-bond donors (Lipinski definition) is 3. The number of methoxy groups -OCH3 is 2. The molecule has 0 radical (unpaired) electrons. The van der Waals surface area contributed by atoms with Crippen LogP contribution in [0.25, 0.3) is 0 Å². The predicted octanol–water partition coefficient (Wildman–Crippen LogP) is 1.46. The molecule has 3 rings (SSSR count). The molecule has 29 heavy (non-hydrogen) atoms. The summed E-state index contributed by atoms with van der Waals surface area (Å²) in [7, 11) is 5.74. The van der Waals surface area contributed by atoms with Crippen LogP contribution in [0.1, 0.15) is 17.2 Å². The van der Waals surface area contributed by atoms with Crippen molar-refractivity contribution in [2.75, 3.05) is 28.4 Å². The lowest BCUT2D eigenvalue weighted by Crippen LogP contribution is -2.48. The summed E-state index contributed by atoms with van der Waals surface area (Å²) in [4.78, 5) is 19.1. The molecule has 2 atom stereocenters. The lowest BCUT2D eigenvalue weighted by molar-refractivity contribution is -0.135. The number of likely N-dealkylation sites (N-methyl/N-ethyl adjacent to an activating group) is 1. The van der Waals surface area contributed by atoms with E-state index in [4.69, 9.17) is 20.3 Å². The van der Waals surface area contributed by atoms with Crippen LogP contribution in [0.4, 0.5) is 0 Å². The Hall–Kier alpha value is -3.10. The number of carbonyl (C=O) groups excluding carboxylic acids is 1. The third kappa shape index (κ3) is 4.33. The zero-order chi connectivity index (χ0) is 21.6. The normalized spacial score (nSPS) is 19.3. The number of aliphatic hydroxyl groups is 1. The standard InChI is InChI=1S/C20H23N3O4.CH4O/c1-23-18(25)20(22-19(23)21,12-13-4-8-15(24)9-5-13)17(27-3)14-6-10-16(26-2)11-7-14;1-2/h4-11,17,24H,12H2,1-3H3,(H2,21,22);2H,1H3/t17-,20-;/m1./s1. The quantitative estimate of drug-likeness (QED) is 0.675. The van der Waals surface area contributed by atoms with Crippen molar-refractivity contribution in [3.63, 3.8) is 0 Å². The van der Waals surface area contributed by atoms with Crippen LogP contribution in [0.15, 0.2) is 53.5 Å².